The van der Waals surface area contributed by atoms with Crippen molar-refractivity contribution in [2.45, 2.75) is 32.0 Å². The van der Waals surface area contributed by atoms with Crippen LogP contribution in [0.2, 0.25) is 0 Å². The normalized spacial score (nSPS) is 22.9. The Kier molecular flexibility index (Phi) is 3.88. The fraction of sp³-hybridized carbons (Fsp3) is 0.500. The molecule has 1 spiro atoms. The molecule has 22 heavy (non-hydrogen) atoms. The second-order valence-electron chi connectivity index (χ2n) is 5.80. The minimum Gasteiger partial charge on any atom is -0.366 e. The van der Waals surface area contributed by atoms with Crippen LogP contribution in [0.25, 0.3) is 0 Å². The van der Waals surface area contributed by atoms with Crippen LogP contribution in [-0.4, -0.2) is 30.8 Å². The Balaban J connectivity index is 1.83. The predicted molar refractivity (Wildman–Crippen MR) is 80.3 cm³/mol. The number of carbonyl (C=O) groups excluding carboxylic acids is 2. The molecule has 2 fully saturated rings. The summed E-state index contributed by atoms with van der Waals surface area (Å²) in [5.74, 6) is -1.90. The fourth-order valence-corrected chi connectivity index (χ4v) is 3.41. The lowest BCUT2D eigenvalue weighted by Crippen LogP contribution is -2.41. The van der Waals surface area contributed by atoms with Gasteiger partial charge in [-0.3, -0.25) is 9.59 Å². The highest BCUT2D eigenvalue weighted by Gasteiger charge is 2.51. The van der Waals surface area contributed by atoms with Crippen LogP contribution in [-0.2, 0) is 14.3 Å². The van der Waals surface area contributed by atoms with Crippen molar-refractivity contribution in [3.63, 3.8) is 0 Å². The summed E-state index contributed by atoms with van der Waals surface area (Å²) in [6, 6.07) is 5.25. The van der Waals surface area contributed by atoms with Gasteiger partial charge in [-0.2, -0.15) is 0 Å². The van der Waals surface area contributed by atoms with E-state index in [0.29, 0.717) is 30.9 Å². The second kappa shape index (κ2) is 5.70. The number of rotatable bonds is 3. The van der Waals surface area contributed by atoms with Gasteiger partial charge in [0.2, 0.25) is 5.91 Å². The number of hydrogen-bond donors (Lipinski definition) is 2. The van der Waals surface area contributed by atoms with Crippen molar-refractivity contribution in [3.05, 3.63) is 29.3 Å². The zero-order chi connectivity index (χ0) is 15.7. The Morgan fingerprint density at radius 1 is 1.32 bits per heavy atom. The van der Waals surface area contributed by atoms with Crippen LogP contribution in [0.3, 0.4) is 0 Å². The average Bonchev–Trinajstić information content (AvgIpc) is 3.09. The van der Waals surface area contributed by atoms with Gasteiger partial charge in [0, 0.05) is 6.42 Å². The van der Waals surface area contributed by atoms with Gasteiger partial charge in [0.25, 0.3) is 5.91 Å². The quantitative estimate of drug-likeness (QED) is 0.887. The van der Waals surface area contributed by atoms with Crippen LogP contribution >= 0.6 is 0 Å². The van der Waals surface area contributed by atoms with E-state index < -0.39 is 11.7 Å². The fourth-order valence-electron chi connectivity index (χ4n) is 3.41. The number of anilines is 1. The number of nitrogens with two attached hydrogens (primary N) is 1. The van der Waals surface area contributed by atoms with Crippen LogP contribution in [0, 0.1) is 12.8 Å². The predicted octanol–water partition coefficient (Wildman–Crippen LogP) is 1.58. The summed E-state index contributed by atoms with van der Waals surface area (Å²) in [6.07, 6.45) is 2.32. The Labute approximate surface area is 129 Å². The maximum absolute atomic E-state index is 12.6. The highest BCUT2D eigenvalue weighted by Crippen LogP contribution is 2.42. The van der Waals surface area contributed by atoms with E-state index in [4.69, 9.17) is 15.2 Å². The van der Waals surface area contributed by atoms with E-state index in [1.807, 2.05) is 0 Å². The molecule has 0 radical (unpaired) electrons. The largest absolute Gasteiger partial charge is 0.366 e. The third-order valence-corrected chi connectivity index (χ3v) is 4.42. The molecule has 3 N–H and O–H groups in total. The molecule has 6 nitrogen and oxygen atoms in total. The monoisotopic (exact) mass is 304 g/mol. The lowest BCUT2D eigenvalue weighted by atomic mass is 10.00. The average molecular weight is 304 g/mol. The number of hydrogen-bond acceptors (Lipinski definition) is 4. The van der Waals surface area contributed by atoms with Gasteiger partial charge in [-0.25, -0.2) is 0 Å². The standard InChI is InChI=1S/C16H20N2O4/c1-10-4-2-6-12(13(10)14(17)19)18-15(20)11-5-3-7-16(11)21-8-9-22-16/h2,4,6,11H,3,5,7-9H2,1H3,(H2,17,19)(H,18,20)/t11-/m0/s1. The van der Waals surface area contributed by atoms with Crippen molar-refractivity contribution in [1.29, 1.82) is 0 Å². The van der Waals surface area contributed by atoms with Crippen LogP contribution in [0.1, 0.15) is 35.2 Å². The molecule has 2 amide bonds. The van der Waals surface area contributed by atoms with Gasteiger partial charge in [0.1, 0.15) is 0 Å². The van der Waals surface area contributed by atoms with Crippen molar-refractivity contribution in [2.75, 3.05) is 18.5 Å². The first-order chi connectivity index (χ1) is 10.5. The SMILES string of the molecule is Cc1cccc(NC(=O)[C@@H]2CCCC23OCCO3)c1C(N)=O. The van der Waals surface area contributed by atoms with Gasteiger partial charge in [0.05, 0.1) is 30.4 Å². The highest BCUT2D eigenvalue weighted by atomic mass is 16.7. The third-order valence-electron chi connectivity index (χ3n) is 4.42. The summed E-state index contributed by atoms with van der Waals surface area (Å²) in [7, 11) is 0. The van der Waals surface area contributed by atoms with Gasteiger partial charge in [-0.05, 0) is 31.4 Å². The van der Waals surface area contributed by atoms with Gasteiger partial charge < -0.3 is 20.5 Å². The number of nitrogens with one attached hydrogen (secondary N) is 1. The summed E-state index contributed by atoms with van der Waals surface area (Å²) in [5, 5.41) is 2.83. The van der Waals surface area contributed by atoms with Gasteiger partial charge in [-0.15, -0.1) is 0 Å². The third kappa shape index (κ3) is 2.48. The smallest absolute Gasteiger partial charge is 0.251 e. The lowest BCUT2D eigenvalue weighted by Gasteiger charge is -2.28. The van der Waals surface area contributed by atoms with E-state index in [1.165, 1.54) is 0 Å². The minimum atomic E-state index is -0.791. The van der Waals surface area contributed by atoms with Crippen molar-refractivity contribution in [1.82, 2.24) is 0 Å². The molecule has 118 valence electrons. The Bertz CT molecular complexity index is 603. The zero-order valence-electron chi connectivity index (χ0n) is 12.6. The summed E-state index contributed by atoms with van der Waals surface area (Å²) >= 11 is 0. The van der Waals surface area contributed by atoms with Crippen LogP contribution in [0.15, 0.2) is 18.2 Å². The van der Waals surface area contributed by atoms with Crippen molar-refractivity contribution >= 4 is 17.5 Å². The van der Waals surface area contributed by atoms with Crippen molar-refractivity contribution in [3.8, 4) is 0 Å². The maximum Gasteiger partial charge on any atom is 0.251 e. The number of benzene rings is 1. The van der Waals surface area contributed by atoms with Crippen LogP contribution < -0.4 is 11.1 Å². The molecule has 2 aliphatic rings. The van der Waals surface area contributed by atoms with Gasteiger partial charge in [0.15, 0.2) is 5.79 Å². The Morgan fingerprint density at radius 2 is 2.05 bits per heavy atom. The minimum absolute atomic E-state index is 0.187. The van der Waals surface area contributed by atoms with E-state index in [0.717, 1.165) is 18.4 Å². The number of ether oxygens (including phenoxy) is 2. The second-order valence-corrected chi connectivity index (χ2v) is 5.80. The Morgan fingerprint density at radius 3 is 2.73 bits per heavy atom. The first-order valence-electron chi connectivity index (χ1n) is 7.52. The molecule has 0 unspecified atom stereocenters. The zero-order valence-corrected chi connectivity index (χ0v) is 12.6. The number of aryl methyl sites for hydroxylation is 1. The van der Waals surface area contributed by atoms with Crippen molar-refractivity contribution < 1.29 is 19.1 Å². The number of amides is 2. The summed E-state index contributed by atoms with van der Waals surface area (Å²) in [6.45, 7) is 2.82. The van der Waals surface area contributed by atoms with Crippen molar-refractivity contribution in [2.24, 2.45) is 11.7 Å². The molecule has 1 atom stereocenters. The van der Waals surface area contributed by atoms with E-state index in [-0.39, 0.29) is 11.8 Å². The molecule has 1 saturated heterocycles. The van der Waals surface area contributed by atoms with Crippen LogP contribution in [0.5, 0.6) is 0 Å². The van der Waals surface area contributed by atoms with E-state index in [1.54, 1.807) is 25.1 Å². The molecule has 1 aliphatic carbocycles. The maximum atomic E-state index is 12.6. The molecular weight excluding hydrogens is 284 g/mol. The molecule has 1 saturated carbocycles. The van der Waals surface area contributed by atoms with Gasteiger partial charge >= 0.3 is 0 Å². The lowest BCUT2D eigenvalue weighted by molar-refractivity contribution is -0.184. The first-order valence-corrected chi connectivity index (χ1v) is 7.52. The molecule has 1 heterocycles. The molecule has 1 aliphatic heterocycles. The molecule has 0 aromatic heterocycles. The molecule has 0 bridgehead atoms. The summed E-state index contributed by atoms with van der Waals surface area (Å²) in [4.78, 5) is 24.3. The molecular formula is C16H20N2O4. The molecule has 1 aromatic carbocycles. The Hall–Kier alpha value is -1.92. The molecule has 3 rings (SSSR count). The highest BCUT2D eigenvalue weighted by molar-refractivity contribution is 6.04. The number of primary amides is 1. The van der Waals surface area contributed by atoms with E-state index in [9.17, 15) is 9.59 Å². The van der Waals surface area contributed by atoms with E-state index in [2.05, 4.69) is 5.32 Å². The molecule has 1 aromatic rings. The number of carbonyl (C=O) groups is 2. The topological polar surface area (TPSA) is 90.7 Å². The summed E-state index contributed by atoms with van der Waals surface area (Å²) in [5.41, 5.74) is 6.94. The van der Waals surface area contributed by atoms with Gasteiger partial charge in [-0.1, -0.05) is 12.1 Å². The molecule has 6 heteroatoms. The van der Waals surface area contributed by atoms with E-state index >= 15 is 0 Å². The summed E-state index contributed by atoms with van der Waals surface area (Å²) < 4.78 is 11.4. The first kappa shape index (κ1) is 15.0. The van der Waals surface area contributed by atoms with Crippen LogP contribution in [0.4, 0.5) is 5.69 Å².